The van der Waals surface area contributed by atoms with Crippen molar-refractivity contribution >= 4 is 11.6 Å². The predicted octanol–water partition coefficient (Wildman–Crippen LogP) is 2.13. The Morgan fingerprint density at radius 2 is 1.82 bits per heavy atom. The monoisotopic (exact) mass is 295 g/mol. The van der Waals surface area contributed by atoms with E-state index >= 15 is 0 Å². The first-order chi connectivity index (χ1) is 10.9. The van der Waals surface area contributed by atoms with E-state index in [9.17, 15) is 0 Å². The number of hydrogen-bond donors (Lipinski definition) is 2. The zero-order valence-electron chi connectivity index (χ0n) is 12.6. The average Bonchev–Trinajstić information content (AvgIpc) is 3.41. The lowest BCUT2D eigenvalue weighted by Crippen LogP contribution is -2.43. The summed E-state index contributed by atoms with van der Waals surface area (Å²) in [7, 11) is 0. The van der Waals surface area contributed by atoms with Crippen LogP contribution < -0.4 is 15.5 Å². The van der Waals surface area contributed by atoms with E-state index in [0.29, 0.717) is 6.04 Å². The molecule has 0 bridgehead atoms. The molecule has 0 unspecified atom stereocenters. The molecule has 114 valence electrons. The molecule has 2 fully saturated rings. The largest absolute Gasteiger partial charge is 0.369 e. The fraction of sp³-hybridized carbons (Fsp3) is 0.412. The molecule has 2 aliphatic rings. The summed E-state index contributed by atoms with van der Waals surface area (Å²) in [5, 5.41) is 6.71. The highest BCUT2D eigenvalue weighted by Crippen LogP contribution is 2.26. The molecule has 1 aliphatic heterocycles. The van der Waals surface area contributed by atoms with Crippen molar-refractivity contribution in [1.29, 1.82) is 0 Å². The van der Waals surface area contributed by atoms with Crippen molar-refractivity contribution < 1.29 is 0 Å². The molecule has 4 rings (SSSR count). The van der Waals surface area contributed by atoms with E-state index in [2.05, 4.69) is 49.8 Å². The molecule has 1 saturated carbocycles. The van der Waals surface area contributed by atoms with Crippen LogP contribution in [0.4, 0.5) is 11.6 Å². The van der Waals surface area contributed by atoms with E-state index in [4.69, 9.17) is 0 Å². The molecule has 2 aromatic rings. The number of nitrogens with one attached hydrogen (secondary N) is 2. The maximum atomic E-state index is 4.43. The summed E-state index contributed by atoms with van der Waals surface area (Å²) in [5.41, 5.74) is 3.52. The van der Waals surface area contributed by atoms with Crippen molar-refractivity contribution in [3.8, 4) is 11.1 Å². The van der Waals surface area contributed by atoms with Crippen molar-refractivity contribution in [1.82, 2.24) is 15.3 Å². The highest BCUT2D eigenvalue weighted by atomic mass is 15.2. The van der Waals surface area contributed by atoms with Crippen LogP contribution in [0.2, 0.25) is 0 Å². The van der Waals surface area contributed by atoms with Crippen LogP contribution >= 0.6 is 0 Å². The Hall–Kier alpha value is -2.14. The van der Waals surface area contributed by atoms with Crippen LogP contribution in [0.15, 0.2) is 36.7 Å². The zero-order chi connectivity index (χ0) is 14.8. The van der Waals surface area contributed by atoms with Crippen LogP contribution in [0.3, 0.4) is 0 Å². The lowest BCUT2D eigenvalue weighted by Gasteiger charge is -2.29. The SMILES string of the molecule is c1cc(-c2cnc(NC3CC3)nc2)cc(N2CCNCC2)c1. The van der Waals surface area contributed by atoms with Gasteiger partial charge in [0.2, 0.25) is 5.95 Å². The number of piperazine rings is 1. The van der Waals surface area contributed by atoms with E-state index in [1.54, 1.807) is 0 Å². The number of nitrogens with zero attached hydrogens (tertiary/aromatic N) is 3. The second kappa shape index (κ2) is 5.93. The third-order valence-electron chi connectivity index (χ3n) is 4.22. The van der Waals surface area contributed by atoms with Gasteiger partial charge in [-0.1, -0.05) is 12.1 Å². The Morgan fingerprint density at radius 1 is 1.05 bits per heavy atom. The fourth-order valence-electron chi connectivity index (χ4n) is 2.77. The smallest absolute Gasteiger partial charge is 0.222 e. The van der Waals surface area contributed by atoms with Crippen LogP contribution in [-0.2, 0) is 0 Å². The molecule has 0 atom stereocenters. The molecule has 5 heteroatoms. The van der Waals surface area contributed by atoms with Gasteiger partial charge in [-0.2, -0.15) is 0 Å². The lowest BCUT2D eigenvalue weighted by molar-refractivity contribution is 0.589. The Balaban J connectivity index is 1.53. The van der Waals surface area contributed by atoms with Gasteiger partial charge in [-0.3, -0.25) is 0 Å². The van der Waals surface area contributed by atoms with Gasteiger partial charge in [-0.25, -0.2) is 9.97 Å². The first kappa shape index (κ1) is 13.5. The minimum atomic E-state index is 0.585. The van der Waals surface area contributed by atoms with Crippen molar-refractivity contribution in [2.45, 2.75) is 18.9 Å². The van der Waals surface area contributed by atoms with Crippen LogP contribution in [0.1, 0.15) is 12.8 Å². The van der Waals surface area contributed by atoms with Gasteiger partial charge >= 0.3 is 0 Å². The van der Waals surface area contributed by atoms with Crippen molar-refractivity contribution in [3.05, 3.63) is 36.7 Å². The van der Waals surface area contributed by atoms with Crippen molar-refractivity contribution in [3.63, 3.8) is 0 Å². The number of rotatable bonds is 4. The molecule has 1 aromatic carbocycles. The van der Waals surface area contributed by atoms with Gasteiger partial charge in [-0.05, 0) is 30.5 Å². The second-order valence-electron chi connectivity index (χ2n) is 6.00. The fourth-order valence-corrected chi connectivity index (χ4v) is 2.77. The zero-order valence-corrected chi connectivity index (χ0v) is 12.6. The predicted molar refractivity (Wildman–Crippen MR) is 89.2 cm³/mol. The van der Waals surface area contributed by atoms with Crippen LogP contribution in [0, 0.1) is 0 Å². The summed E-state index contributed by atoms with van der Waals surface area (Å²) in [6, 6.07) is 9.24. The third kappa shape index (κ3) is 3.04. The van der Waals surface area contributed by atoms with Gasteiger partial charge in [0.1, 0.15) is 0 Å². The minimum absolute atomic E-state index is 0.585. The maximum Gasteiger partial charge on any atom is 0.222 e. The summed E-state index contributed by atoms with van der Waals surface area (Å²) >= 11 is 0. The van der Waals surface area contributed by atoms with Gasteiger partial charge in [0.25, 0.3) is 0 Å². The van der Waals surface area contributed by atoms with Crippen LogP contribution in [0.25, 0.3) is 11.1 Å². The topological polar surface area (TPSA) is 53.1 Å². The first-order valence-electron chi connectivity index (χ1n) is 8.03. The van der Waals surface area contributed by atoms with E-state index < -0.39 is 0 Å². The molecule has 0 spiro atoms. The van der Waals surface area contributed by atoms with Gasteiger partial charge in [0.15, 0.2) is 0 Å². The molecular weight excluding hydrogens is 274 g/mol. The molecular formula is C17H21N5. The molecule has 1 aromatic heterocycles. The molecule has 0 radical (unpaired) electrons. The maximum absolute atomic E-state index is 4.43. The van der Waals surface area contributed by atoms with E-state index in [1.807, 2.05) is 12.4 Å². The average molecular weight is 295 g/mol. The summed E-state index contributed by atoms with van der Waals surface area (Å²) in [4.78, 5) is 11.3. The molecule has 2 N–H and O–H groups in total. The van der Waals surface area contributed by atoms with Crippen molar-refractivity contribution in [2.24, 2.45) is 0 Å². The van der Waals surface area contributed by atoms with E-state index in [-0.39, 0.29) is 0 Å². The molecule has 1 aliphatic carbocycles. The Morgan fingerprint density at radius 3 is 2.55 bits per heavy atom. The van der Waals surface area contributed by atoms with Crippen LogP contribution in [-0.4, -0.2) is 42.2 Å². The summed E-state index contributed by atoms with van der Waals surface area (Å²) < 4.78 is 0. The third-order valence-corrected chi connectivity index (χ3v) is 4.22. The van der Waals surface area contributed by atoms with Gasteiger partial charge in [-0.15, -0.1) is 0 Å². The summed E-state index contributed by atoms with van der Waals surface area (Å²) in [6.07, 6.45) is 6.29. The highest BCUT2D eigenvalue weighted by Gasteiger charge is 2.21. The van der Waals surface area contributed by atoms with E-state index in [0.717, 1.165) is 37.7 Å². The molecule has 0 amide bonds. The number of anilines is 2. The Kier molecular flexibility index (Phi) is 3.64. The Labute approximate surface area is 130 Å². The number of hydrogen-bond acceptors (Lipinski definition) is 5. The van der Waals surface area contributed by atoms with Crippen LogP contribution in [0.5, 0.6) is 0 Å². The quantitative estimate of drug-likeness (QED) is 0.905. The standard InChI is InChI=1S/C17H21N5/c1-2-13(10-16(3-1)22-8-6-18-7-9-22)14-11-19-17(20-12-14)21-15-4-5-15/h1-3,10-12,15,18H,4-9H2,(H,19,20,21). The normalized spacial score (nSPS) is 18.3. The molecule has 22 heavy (non-hydrogen) atoms. The molecule has 2 heterocycles. The summed E-state index contributed by atoms with van der Waals surface area (Å²) in [5.74, 6) is 0.740. The molecule has 1 saturated heterocycles. The number of benzene rings is 1. The number of aromatic nitrogens is 2. The van der Waals surface area contributed by atoms with Crippen molar-refractivity contribution in [2.75, 3.05) is 36.4 Å². The van der Waals surface area contributed by atoms with Gasteiger partial charge < -0.3 is 15.5 Å². The van der Waals surface area contributed by atoms with E-state index in [1.165, 1.54) is 24.1 Å². The first-order valence-corrected chi connectivity index (χ1v) is 8.03. The molecule has 5 nitrogen and oxygen atoms in total. The van der Waals surface area contributed by atoms with Gasteiger partial charge in [0.05, 0.1) is 0 Å². The van der Waals surface area contributed by atoms with Gasteiger partial charge in [0, 0.05) is 55.9 Å². The minimum Gasteiger partial charge on any atom is -0.369 e. The summed E-state index contributed by atoms with van der Waals surface area (Å²) in [6.45, 7) is 4.22. The second-order valence-corrected chi connectivity index (χ2v) is 6.00. The Bertz CT molecular complexity index is 630. The lowest BCUT2D eigenvalue weighted by atomic mass is 10.1. The highest BCUT2D eigenvalue weighted by molar-refractivity contribution is 5.67.